The van der Waals surface area contributed by atoms with Crippen molar-refractivity contribution in [2.75, 3.05) is 19.6 Å². The minimum Gasteiger partial charge on any atom is -0.679 e. The Morgan fingerprint density at radius 3 is 1.79 bits per heavy atom. The van der Waals surface area contributed by atoms with Crippen LogP contribution >= 0.6 is 0 Å². The van der Waals surface area contributed by atoms with E-state index in [2.05, 4.69) is 40.6 Å². The topological polar surface area (TPSA) is 37.9 Å². The van der Waals surface area contributed by atoms with E-state index in [1.54, 1.807) is 0 Å². The molecule has 0 fully saturated rings. The molecule has 0 aromatic rings. The van der Waals surface area contributed by atoms with Gasteiger partial charge in [-0.1, -0.05) is 7.43 Å². The Labute approximate surface area is 108 Å². The first-order chi connectivity index (χ1) is 5.41. The van der Waals surface area contributed by atoms with Crippen LogP contribution in [0, 0.1) is 27.2 Å². The number of nitrogens with one attached hydrogen (secondary N) is 1. The van der Waals surface area contributed by atoms with E-state index in [1.807, 2.05) is 0 Å². The molecule has 0 atom stereocenters. The maximum Gasteiger partial charge on any atom is 4.00 e. The zero-order valence-corrected chi connectivity index (χ0v) is 10.4. The summed E-state index contributed by atoms with van der Waals surface area (Å²) in [5.41, 5.74) is 6.67. The first kappa shape index (κ1) is 36.7. The molecule has 0 rings (SSSR count). The van der Waals surface area contributed by atoms with Crippen LogP contribution < -0.4 is 0 Å². The van der Waals surface area contributed by atoms with Crippen LogP contribution in [0.4, 0.5) is 0 Å². The van der Waals surface area contributed by atoms with Crippen LogP contribution in [0.15, 0.2) is 0 Å². The first-order valence-corrected chi connectivity index (χ1v) is 3.15. The molecule has 0 saturated carbocycles. The van der Waals surface area contributed by atoms with Gasteiger partial charge in [0.05, 0.1) is 0 Å². The van der Waals surface area contributed by atoms with E-state index >= 15 is 0 Å². The van der Waals surface area contributed by atoms with Gasteiger partial charge in [-0.05, 0) is 0 Å². The summed E-state index contributed by atoms with van der Waals surface area (Å²) in [6.45, 7) is 5.51. The van der Waals surface area contributed by atoms with Gasteiger partial charge in [0.1, 0.15) is 0 Å². The summed E-state index contributed by atoms with van der Waals surface area (Å²) < 4.78 is 0. The quantitative estimate of drug-likeness (QED) is 0.314. The molecule has 0 aliphatic rings. The van der Waals surface area contributed by atoms with Crippen molar-refractivity contribution in [3.8, 4) is 12.8 Å². The molecule has 0 unspecified atom stereocenters. The summed E-state index contributed by atoms with van der Waals surface area (Å²) in [5.74, 6) is 0. The van der Waals surface area contributed by atoms with E-state index in [0.29, 0.717) is 13.1 Å². The molecule has 0 spiro atoms. The molecule has 0 bridgehead atoms. The van der Waals surface area contributed by atoms with Crippen LogP contribution in [-0.4, -0.2) is 35.1 Å². The van der Waals surface area contributed by atoms with Crippen molar-refractivity contribution >= 4 is 15.5 Å². The molecule has 0 aliphatic carbocycles. The van der Waals surface area contributed by atoms with Gasteiger partial charge in [-0.25, -0.2) is 6.42 Å². The monoisotopic (exact) mass is 373 g/mol. The average Bonchev–Trinajstić information content (AvgIpc) is 2.13. The molecule has 82 valence electrons. The summed E-state index contributed by atoms with van der Waals surface area (Å²) >= 11 is 0. The maximum atomic E-state index is 6.67. The van der Waals surface area contributed by atoms with Gasteiger partial charge in [-0.15, -0.1) is 12.8 Å². The van der Waals surface area contributed by atoms with Crippen LogP contribution in [0.1, 0.15) is 13.8 Å². The number of hydrogen-bond acceptors (Lipinski definition) is 0. The normalized spacial score (nSPS) is 5.14. The summed E-state index contributed by atoms with van der Waals surface area (Å²) in [6.07, 6.45) is 8.86. The van der Waals surface area contributed by atoms with Gasteiger partial charge < -0.3 is 25.4 Å². The van der Waals surface area contributed by atoms with Crippen molar-refractivity contribution in [2.24, 2.45) is 0 Å². The van der Waals surface area contributed by atoms with E-state index < -0.39 is 0 Å². The Kier molecular flexibility index (Phi) is 188. The van der Waals surface area contributed by atoms with Gasteiger partial charge in [0.2, 0.25) is 0 Å². The van der Waals surface area contributed by atoms with Crippen LogP contribution in [0.25, 0.3) is 11.1 Å². The van der Waals surface area contributed by atoms with Crippen molar-refractivity contribution in [2.45, 2.75) is 13.8 Å². The molecule has 1 N–H and O–H groups in total. The Balaban J connectivity index is -0.0000000205. The van der Waals surface area contributed by atoms with E-state index in [1.165, 1.54) is 0 Å². The van der Waals surface area contributed by atoms with E-state index in [9.17, 15) is 0 Å². The number of nitrogens with zero attached hydrogens (tertiary/aromatic N) is 1. The van der Waals surface area contributed by atoms with Gasteiger partial charge >= 0.3 is 21.1 Å². The molecule has 0 saturated heterocycles. The third kappa shape index (κ3) is 85.0. The SMILES string of the molecule is C.C#C.[B][B].[CH2-]CC[N-]CC[NH-].[CH3-].[Pt+4]. The predicted molar refractivity (Wildman–Crippen MR) is 66.8 cm³/mol. The minimum atomic E-state index is 0. The van der Waals surface area contributed by atoms with Gasteiger partial charge in [0.15, 0.2) is 0 Å². The fourth-order valence-electron chi connectivity index (χ4n) is 0.303. The van der Waals surface area contributed by atoms with Gasteiger partial charge in [0.25, 0.3) is 0 Å². The fraction of sp³-hybridized carbons (Fsp3) is 0.556. The molecule has 14 heavy (non-hydrogen) atoms. The smallest absolute Gasteiger partial charge is 0.679 e. The molecule has 2 nitrogen and oxygen atoms in total. The summed E-state index contributed by atoms with van der Waals surface area (Å²) in [6, 6.07) is 0. The maximum absolute atomic E-state index is 6.67. The second-order valence-electron chi connectivity index (χ2n) is 1.27. The second-order valence-corrected chi connectivity index (χ2v) is 1.27. The molecular formula is C9H20B2N2Pt. The van der Waals surface area contributed by atoms with Crippen molar-refractivity contribution in [1.82, 2.24) is 0 Å². The standard InChI is InChI=1S/C5H11N2.C2H2.CH4.CH3.B2.Pt/c1-2-4-7-5-3-6;1-2;;;1-2;/h6H,1-5H2;1-2H;1H4;1H3;;/q-3;;;-1;;+4. The van der Waals surface area contributed by atoms with Gasteiger partial charge in [0, 0.05) is 15.5 Å². The Bertz CT molecular complexity index is 60.0. The summed E-state index contributed by atoms with van der Waals surface area (Å²) in [7, 11) is 8.00. The number of terminal acetylenes is 1. The predicted octanol–water partition coefficient (Wildman–Crippen LogP) is 2.21. The van der Waals surface area contributed by atoms with Gasteiger partial charge in [-0.2, -0.15) is 19.6 Å². The number of rotatable bonds is 4. The Hall–Kier alpha value is 0.298. The van der Waals surface area contributed by atoms with E-state index in [4.69, 9.17) is 5.73 Å². The molecule has 0 amide bonds. The Morgan fingerprint density at radius 1 is 1.21 bits per heavy atom. The average molecular weight is 373 g/mol. The molecular weight excluding hydrogens is 353 g/mol. The molecule has 0 aromatic carbocycles. The summed E-state index contributed by atoms with van der Waals surface area (Å²) in [4.78, 5) is 0. The minimum absolute atomic E-state index is 0. The third-order valence-corrected chi connectivity index (χ3v) is 0.586. The van der Waals surface area contributed by atoms with Crippen molar-refractivity contribution in [3.05, 3.63) is 25.4 Å². The molecule has 0 heterocycles. The van der Waals surface area contributed by atoms with Crippen LogP contribution in [0.3, 0.4) is 0 Å². The molecule has 4 radical (unpaired) electrons. The largest absolute Gasteiger partial charge is 4.00 e. The zero-order chi connectivity index (χ0) is 9.54. The van der Waals surface area contributed by atoms with Crippen LogP contribution in [-0.2, 0) is 21.1 Å². The van der Waals surface area contributed by atoms with Crippen LogP contribution in [0.5, 0.6) is 0 Å². The van der Waals surface area contributed by atoms with Crippen molar-refractivity contribution < 1.29 is 21.1 Å². The van der Waals surface area contributed by atoms with E-state index in [-0.39, 0.29) is 35.9 Å². The third-order valence-electron chi connectivity index (χ3n) is 0.586. The zero-order valence-electron chi connectivity index (χ0n) is 8.11. The van der Waals surface area contributed by atoms with Gasteiger partial charge in [-0.3, -0.25) is 0 Å². The molecule has 0 aliphatic heterocycles. The number of hydrogen-bond donors (Lipinski definition) is 0. The fourth-order valence-corrected chi connectivity index (χ4v) is 0.303. The molecule has 0 aromatic heterocycles. The van der Waals surface area contributed by atoms with E-state index in [0.717, 1.165) is 13.0 Å². The van der Waals surface area contributed by atoms with Crippen molar-refractivity contribution in [3.63, 3.8) is 0 Å². The van der Waals surface area contributed by atoms with Crippen molar-refractivity contribution in [1.29, 1.82) is 0 Å². The first-order valence-electron chi connectivity index (χ1n) is 3.15. The van der Waals surface area contributed by atoms with Crippen LogP contribution in [0.2, 0.25) is 0 Å². The summed E-state index contributed by atoms with van der Waals surface area (Å²) in [5, 5.41) is 3.96. The second kappa shape index (κ2) is 71.7. The molecule has 5 heteroatoms. The Morgan fingerprint density at radius 2 is 1.57 bits per heavy atom.